The maximum atomic E-state index is 14.9. The molecule has 2 aliphatic heterocycles. The zero-order valence-electron chi connectivity index (χ0n) is 38.8. The van der Waals surface area contributed by atoms with Crippen molar-refractivity contribution in [2.75, 3.05) is 42.0 Å². The molecule has 2 aliphatic rings. The van der Waals surface area contributed by atoms with Crippen LogP contribution < -0.4 is 30.2 Å². The molecule has 3 aromatic rings. The maximum Gasteiger partial charge on any atom is 0.246 e. The van der Waals surface area contributed by atoms with E-state index >= 15 is 0 Å². The number of carbonyl (C=O) groups excluding carboxylic acids is 6. The van der Waals surface area contributed by atoms with E-state index in [-0.39, 0.29) is 25.0 Å². The Kier molecular flexibility index (Phi) is 17.7. The molecule has 6 amide bonds. The third-order valence-corrected chi connectivity index (χ3v) is 12.2. The van der Waals surface area contributed by atoms with Crippen LogP contribution in [0.4, 0.5) is 0 Å². The largest absolute Gasteiger partial charge is 0.497 e. The highest BCUT2D eigenvalue weighted by Gasteiger charge is 2.45. The quantitative estimate of drug-likeness (QED) is 0.121. The number of aliphatic hydroxyl groups is 4. The van der Waals surface area contributed by atoms with Gasteiger partial charge < -0.3 is 70.0 Å². The van der Waals surface area contributed by atoms with Crippen LogP contribution in [0.15, 0.2) is 72.8 Å². The Bertz CT molecular complexity index is 2190. The zero-order valence-corrected chi connectivity index (χ0v) is 38.8. The van der Waals surface area contributed by atoms with E-state index in [1.165, 1.54) is 83.0 Å². The van der Waals surface area contributed by atoms with Crippen LogP contribution in [0.2, 0.25) is 0 Å². The van der Waals surface area contributed by atoms with Crippen molar-refractivity contribution in [2.24, 2.45) is 0 Å². The second-order valence-corrected chi connectivity index (χ2v) is 16.9. The van der Waals surface area contributed by atoms with E-state index in [0.29, 0.717) is 28.2 Å². The molecule has 11 atom stereocenters. The molecule has 0 saturated carbocycles. The lowest BCUT2D eigenvalue weighted by Crippen LogP contribution is -2.61. The number of nitrogens with one attached hydrogen (secondary N) is 3. The lowest BCUT2D eigenvalue weighted by molar-refractivity contribution is -0.277. The van der Waals surface area contributed by atoms with Crippen LogP contribution in [0.25, 0.3) is 0 Å². The molecule has 20 nitrogen and oxygen atoms in total. The number of hydrogen-bond donors (Lipinski definition) is 7. The normalized spacial score (nSPS) is 28.5. The third-order valence-electron chi connectivity index (χ3n) is 12.2. The lowest BCUT2D eigenvalue weighted by Gasteiger charge is -2.39. The number of amides is 6. The minimum Gasteiger partial charge on any atom is -0.497 e. The standard InChI is InChI=1S/C47H62N6O14/c1-25-41(58)49-26(2)44(61)51(4)34(21-28-9-15-31(64-7)16-10-28)43(60)50-27(3)45(62)53(6)36(23-30-11-17-32(65-8)18-12-30)46(63)52(5)35(42(59)48-25)22-29-13-19-33(20-14-29)66-47-40(57)39(56)38(55)37(24-54)67-47/h9-20,25-27,34-40,47,54-57H,21-24H2,1-8H3,(H,48,59)(H,49,58)(H,50,60)/t25-,26+,27+,34+,35+,36+,37-,38-,39+,40-,47-/m1/s1. The van der Waals surface area contributed by atoms with Crippen molar-refractivity contribution in [3.05, 3.63) is 89.5 Å². The summed E-state index contributed by atoms with van der Waals surface area (Å²) in [6.07, 6.45) is -7.69. The first-order valence-corrected chi connectivity index (χ1v) is 21.8. The number of rotatable bonds is 11. The van der Waals surface area contributed by atoms with E-state index in [2.05, 4.69) is 16.0 Å². The van der Waals surface area contributed by atoms with Crippen LogP contribution in [0.3, 0.4) is 0 Å². The SMILES string of the molecule is COc1ccc(C[C@H]2C(=O)N[C@@H](C)C(=O)N(C)[C@@H](Cc3ccc(OC)cc3)C(=O)N(C)[C@@H](Cc3ccc(O[C@@H]4O[C@H](CO)[C@@H](O)[C@H](O)[C@H]4O)cc3)C(=O)N[C@H](C)C(=O)N[C@@H](C)C(=O)N2C)cc1. The molecule has 2 saturated heterocycles. The number of hydrogen-bond acceptors (Lipinski definition) is 14. The van der Waals surface area contributed by atoms with Crippen LogP contribution in [0, 0.1) is 0 Å². The molecule has 364 valence electrons. The number of carbonyl (C=O) groups is 6. The molecule has 2 heterocycles. The Morgan fingerprint density at radius 1 is 0.507 bits per heavy atom. The second-order valence-electron chi connectivity index (χ2n) is 16.9. The molecule has 20 heteroatoms. The van der Waals surface area contributed by atoms with Crippen molar-refractivity contribution in [2.45, 2.75) is 107 Å². The summed E-state index contributed by atoms with van der Waals surface area (Å²) >= 11 is 0. The Balaban J connectivity index is 1.49. The van der Waals surface area contributed by atoms with Gasteiger partial charge in [-0.1, -0.05) is 36.4 Å². The molecule has 0 bridgehead atoms. The molecule has 0 unspecified atom stereocenters. The van der Waals surface area contributed by atoms with Gasteiger partial charge in [0.15, 0.2) is 0 Å². The predicted octanol–water partition coefficient (Wildman–Crippen LogP) is -1.08. The van der Waals surface area contributed by atoms with E-state index < -0.39 is 109 Å². The van der Waals surface area contributed by atoms with E-state index in [1.54, 1.807) is 60.7 Å². The number of nitrogens with zero attached hydrogens (tertiary/aromatic N) is 3. The molecule has 0 aromatic heterocycles. The highest BCUT2D eigenvalue weighted by Crippen LogP contribution is 2.26. The Morgan fingerprint density at radius 2 is 0.881 bits per heavy atom. The van der Waals surface area contributed by atoms with Crippen molar-refractivity contribution in [3.63, 3.8) is 0 Å². The molecule has 0 spiro atoms. The molecule has 5 rings (SSSR count). The van der Waals surface area contributed by atoms with Crippen molar-refractivity contribution < 1.29 is 68.1 Å². The van der Waals surface area contributed by atoms with Crippen molar-refractivity contribution in [1.29, 1.82) is 0 Å². The molecule has 7 N–H and O–H groups in total. The highest BCUT2D eigenvalue weighted by molar-refractivity contribution is 5.98. The van der Waals surface area contributed by atoms with Gasteiger partial charge in [-0.15, -0.1) is 0 Å². The zero-order chi connectivity index (χ0) is 49.3. The summed E-state index contributed by atoms with van der Waals surface area (Å²) in [5.74, 6) is -2.76. The van der Waals surface area contributed by atoms with Gasteiger partial charge in [-0.25, -0.2) is 0 Å². The molecule has 3 aromatic carbocycles. The average molecular weight is 935 g/mol. The third kappa shape index (κ3) is 12.6. The van der Waals surface area contributed by atoms with Crippen molar-refractivity contribution >= 4 is 35.4 Å². The first-order valence-electron chi connectivity index (χ1n) is 21.8. The fourth-order valence-electron chi connectivity index (χ4n) is 7.85. The van der Waals surface area contributed by atoms with Crippen LogP contribution in [-0.2, 0) is 52.8 Å². The minimum absolute atomic E-state index is 0.0254. The fourth-order valence-corrected chi connectivity index (χ4v) is 7.85. The molecule has 2 fully saturated rings. The number of aliphatic hydroxyl groups excluding tert-OH is 4. The average Bonchev–Trinajstić information content (AvgIpc) is 3.33. The van der Waals surface area contributed by atoms with Gasteiger partial charge >= 0.3 is 0 Å². The van der Waals surface area contributed by atoms with Gasteiger partial charge in [-0.2, -0.15) is 0 Å². The Labute approximate surface area is 389 Å². The van der Waals surface area contributed by atoms with Crippen LogP contribution in [0.1, 0.15) is 37.5 Å². The van der Waals surface area contributed by atoms with E-state index in [9.17, 15) is 49.2 Å². The van der Waals surface area contributed by atoms with Crippen molar-refractivity contribution in [3.8, 4) is 17.2 Å². The summed E-state index contributed by atoms with van der Waals surface area (Å²) in [4.78, 5) is 89.0. The molecule has 0 aliphatic carbocycles. The number of likely N-dealkylation sites (N-methyl/N-ethyl adjacent to an activating group) is 3. The van der Waals surface area contributed by atoms with Crippen LogP contribution >= 0.6 is 0 Å². The summed E-state index contributed by atoms with van der Waals surface area (Å²) in [5, 5.41) is 48.5. The molecule has 0 radical (unpaired) electrons. The molecular formula is C47H62N6O14. The number of methoxy groups -OCH3 is 2. The summed E-state index contributed by atoms with van der Waals surface area (Å²) in [6.45, 7) is 3.67. The van der Waals surface area contributed by atoms with Crippen molar-refractivity contribution in [1.82, 2.24) is 30.7 Å². The van der Waals surface area contributed by atoms with Gasteiger partial charge in [0, 0.05) is 40.4 Å². The number of ether oxygens (including phenoxy) is 4. The van der Waals surface area contributed by atoms with E-state index in [0.717, 1.165) is 0 Å². The first-order chi connectivity index (χ1) is 31.8. The molecular weight excluding hydrogens is 873 g/mol. The summed E-state index contributed by atoms with van der Waals surface area (Å²) in [6, 6.07) is 12.6. The highest BCUT2D eigenvalue weighted by atomic mass is 16.7. The van der Waals surface area contributed by atoms with E-state index in [4.69, 9.17) is 18.9 Å². The lowest BCUT2D eigenvalue weighted by atomic mass is 9.99. The van der Waals surface area contributed by atoms with Crippen LogP contribution in [0.5, 0.6) is 17.2 Å². The predicted molar refractivity (Wildman–Crippen MR) is 240 cm³/mol. The van der Waals surface area contributed by atoms with Gasteiger partial charge in [0.2, 0.25) is 41.7 Å². The number of benzene rings is 3. The molecule has 67 heavy (non-hydrogen) atoms. The Morgan fingerprint density at radius 3 is 1.31 bits per heavy atom. The topological polar surface area (TPSA) is 266 Å². The Hall–Kier alpha value is -6.32. The first kappa shape index (κ1) is 51.7. The summed E-state index contributed by atoms with van der Waals surface area (Å²) in [7, 11) is 7.26. The van der Waals surface area contributed by atoms with Gasteiger partial charge in [-0.05, 0) is 73.9 Å². The minimum atomic E-state index is -1.67. The van der Waals surface area contributed by atoms with Gasteiger partial charge in [0.25, 0.3) is 0 Å². The van der Waals surface area contributed by atoms with Gasteiger partial charge in [-0.3, -0.25) is 28.8 Å². The van der Waals surface area contributed by atoms with E-state index in [1.807, 2.05) is 0 Å². The summed E-state index contributed by atoms with van der Waals surface area (Å²) < 4.78 is 21.8. The maximum absolute atomic E-state index is 14.9. The van der Waals surface area contributed by atoms with Crippen LogP contribution in [-0.4, -0.2) is 179 Å². The van der Waals surface area contributed by atoms with Gasteiger partial charge in [0.05, 0.1) is 20.8 Å². The van der Waals surface area contributed by atoms with Gasteiger partial charge in [0.1, 0.15) is 77.9 Å². The summed E-state index contributed by atoms with van der Waals surface area (Å²) in [5.41, 5.74) is 1.81. The fraction of sp³-hybridized carbons (Fsp3) is 0.489. The second kappa shape index (κ2) is 22.9. The monoisotopic (exact) mass is 934 g/mol. The smallest absolute Gasteiger partial charge is 0.246 e.